The van der Waals surface area contributed by atoms with Gasteiger partial charge >= 0.3 is 0 Å². The molecule has 0 radical (unpaired) electrons. The fraction of sp³-hybridized carbons (Fsp3) is 0.200. The number of rotatable bonds is 1. The molecular weight excluding hydrogens is 314 g/mol. The van der Waals surface area contributed by atoms with E-state index in [4.69, 9.17) is 0 Å². The van der Waals surface area contributed by atoms with E-state index in [1.54, 1.807) is 18.2 Å². The lowest BCUT2D eigenvalue weighted by atomic mass is 9.87. The maximum absolute atomic E-state index is 14.2. The third-order valence-electron chi connectivity index (χ3n) is 3.67. The number of aryl methyl sites for hydroxylation is 1. The van der Waals surface area contributed by atoms with Crippen molar-refractivity contribution in [1.82, 2.24) is 0 Å². The van der Waals surface area contributed by atoms with E-state index < -0.39 is 11.4 Å². The van der Waals surface area contributed by atoms with Crippen LogP contribution >= 0.6 is 15.9 Å². The van der Waals surface area contributed by atoms with Crippen LogP contribution in [0.2, 0.25) is 0 Å². The zero-order valence-electron chi connectivity index (χ0n) is 9.96. The molecule has 0 heterocycles. The van der Waals surface area contributed by atoms with Crippen molar-refractivity contribution in [3.8, 4) is 0 Å². The molecule has 0 fully saturated rings. The zero-order chi connectivity index (χ0) is 13.6. The molecule has 0 spiro atoms. The molecule has 1 unspecified atom stereocenters. The summed E-state index contributed by atoms with van der Waals surface area (Å²) in [5, 5.41) is 10.8. The smallest absolute Gasteiger partial charge is 0.143 e. The number of aliphatic hydroxyl groups is 1. The van der Waals surface area contributed by atoms with Crippen LogP contribution in [0.5, 0.6) is 0 Å². The lowest BCUT2D eigenvalue weighted by molar-refractivity contribution is 0.0787. The number of hydrogen-bond donors (Lipinski definition) is 1. The predicted octanol–water partition coefficient (Wildman–Crippen LogP) is 3.91. The largest absolute Gasteiger partial charge is 0.380 e. The maximum Gasteiger partial charge on any atom is 0.143 e. The van der Waals surface area contributed by atoms with Gasteiger partial charge in [-0.2, -0.15) is 0 Å². The molecule has 19 heavy (non-hydrogen) atoms. The molecule has 1 nitrogen and oxygen atoms in total. The van der Waals surface area contributed by atoms with Crippen molar-refractivity contribution < 1.29 is 13.9 Å². The summed E-state index contributed by atoms with van der Waals surface area (Å²) in [5.41, 5.74) is 0.177. The maximum atomic E-state index is 14.2. The van der Waals surface area contributed by atoms with Gasteiger partial charge in [-0.1, -0.05) is 18.2 Å². The Labute approximate surface area is 118 Å². The van der Waals surface area contributed by atoms with Gasteiger partial charge in [-0.25, -0.2) is 8.78 Å². The van der Waals surface area contributed by atoms with Gasteiger partial charge in [0.1, 0.15) is 17.2 Å². The van der Waals surface area contributed by atoms with Crippen LogP contribution in [0.1, 0.15) is 23.1 Å². The molecule has 0 aromatic heterocycles. The van der Waals surface area contributed by atoms with Gasteiger partial charge < -0.3 is 5.11 Å². The molecular formula is C15H11BrF2O. The van der Waals surface area contributed by atoms with Crippen LogP contribution in [0, 0.1) is 11.6 Å². The van der Waals surface area contributed by atoms with Crippen LogP contribution in [-0.2, 0) is 12.0 Å². The van der Waals surface area contributed by atoms with E-state index in [0.29, 0.717) is 22.9 Å². The zero-order valence-corrected chi connectivity index (χ0v) is 11.5. The topological polar surface area (TPSA) is 20.2 Å². The second-order valence-electron chi connectivity index (χ2n) is 4.76. The van der Waals surface area contributed by atoms with Crippen molar-refractivity contribution in [2.24, 2.45) is 0 Å². The number of halogens is 3. The summed E-state index contributed by atoms with van der Waals surface area (Å²) in [6, 6.07) is 9.08. The van der Waals surface area contributed by atoms with Gasteiger partial charge in [-0.3, -0.25) is 0 Å². The molecule has 1 N–H and O–H groups in total. The Kier molecular flexibility index (Phi) is 2.95. The van der Waals surface area contributed by atoms with Crippen LogP contribution < -0.4 is 0 Å². The summed E-state index contributed by atoms with van der Waals surface area (Å²) in [6.45, 7) is 0. The average molecular weight is 325 g/mol. The Bertz CT molecular complexity index is 657. The first-order chi connectivity index (χ1) is 9.02. The van der Waals surface area contributed by atoms with Crippen molar-refractivity contribution in [2.45, 2.75) is 18.4 Å². The average Bonchev–Trinajstić information content (AvgIpc) is 2.71. The van der Waals surface area contributed by atoms with E-state index in [2.05, 4.69) is 15.9 Å². The summed E-state index contributed by atoms with van der Waals surface area (Å²) < 4.78 is 27.7. The second kappa shape index (κ2) is 4.39. The normalized spacial score (nSPS) is 21.5. The van der Waals surface area contributed by atoms with E-state index in [9.17, 15) is 13.9 Å². The molecule has 3 rings (SSSR count). The van der Waals surface area contributed by atoms with Gasteiger partial charge in [-0.15, -0.1) is 0 Å². The standard InChI is InChI=1S/C15H11BrF2O/c16-13-3-1-2-12(14(13)18)15(19)7-6-9-8-10(17)4-5-11(9)15/h1-5,8,19H,6-7H2. The molecule has 1 aliphatic carbocycles. The van der Waals surface area contributed by atoms with Gasteiger partial charge in [0.2, 0.25) is 0 Å². The van der Waals surface area contributed by atoms with Crippen LogP contribution in [0.25, 0.3) is 0 Å². The van der Waals surface area contributed by atoms with Crippen LogP contribution in [-0.4, -0.2) is 5.11 Å². The number of benzene rings is 2. The van der Waals surface area contributed by atoms with E-state index >= 15 is 0 Å². The molecule has 2 aromatic rings. The van der Waals surface area contributed by atoms with Crippen molar-refractivity contribution in [2.75, 3.05) is 0 Å². The summed E-state index contributed by atoms with van der Waals surface area (Å²) in [5.74, 6) is -0.806. The molecule has 2 aromatic carbocycles. The number of hydrogen-bond acceptors (Lipinski definition) is 1. The quantitative estimate of drug-likeness (QED) is 0.843. The fourth-order valence-corrected chi connectivity index (χ4v) is 3.09. The Morgan fingerprint density at radius 3 is 2.68 bits per heavy atom. The molecule has 0 amide bonds. The first-order valence-corrected chi connectivity index (χ1v) is 6.77. The SMILES string of the molecule is OC1(c2cccc(Br)c2F)CCc2cc(F)ccc21. The molecule has 98 valence electrons. The highest BCUT2D eigenvalue weighted by Gasteiger charge is 2.40. The monoisotopic (exact) mass is 324 g/mol. The summed E-state index contributed by atoms with van der Waals surface area (Å²) in [6.07, 6.45) is 0.898. The Hall–Kier alpha value is -1.26. The minimum absolute atomic E-state index is 0.229. The Morgan fingerprint density at radius 2 is 1.89 bits per heavy atom. The third-order valence-corrected chi connectivity index (χ3v) is 4.28. The number of fused-ring (bicyclic) bond motifs is 1. The summed E-state index contributed by atoms with van der Waals surface area (Å²) in [4.78, 5) is 0. The van der Waals surface area contributed by atoms with Crippen molar-refractivity contribution >= 4 is 15.9 Å². The van der Waals surface area contributed by atoms with E-state index in [1.807, 2.05) is 0 Å². The molecule has 4 heteroatoms. The van der Waals surface area contributed by atoms with Crippen LogP contribution in [0.3, 0.4) is 0 Å². The minimum Gasteiger partial charge on any atom is -0.380 e. The van der Waals surface area contributed by atoms with Gasteiger partial charge in [0.05, 0.1) is 4.47 Å². The first kappa shape index (κ1) is 12.8. The van der Waals surface area contributed by atoms with Crippen LogP contribution in [0.4, 0.5) is 8.78 Å². The van der Waals surface area contributed by atoms with Gasteiger partial charge in [0.15, 0.2) is 0 Å². The second-order valence-corrected chi connectivity index (χ2v) is 5.62. The molecule has 1 aliphatic rings. The van der Waals surface area contributed by atoms with E-state index in [1.165, 1.54) is 18.2 Å². The van der Waals surface area contributed by atoms with Crippen LogP contribution in [0.15, 0.2) is 40.9 Å². The highest BCUT2D eigenvalue weighted by atomic mass is 79.9. The van der Waals surface area contributed by atoms with Crippen molar-refractivity contribution in [1.29, 1.82) is 0 Å². The van der Waals surface area contributed by atoms with Crippen molar-refractivity contribution in [3.63, 3.8) is 0 Å². The highest BCUT2D eigenvalue weighted by Crippen LogP contribution is 2.43. The molecule has 1 atom stereocenters. The van der Waals surface area contributed by atoms with Crippen molar-refractivity contribution in [3.05, 3.63) is 69.2 Å². The third kappa shape index (κ3) is 1.90. The van der Waals surface area contributed by atoms with Gasteiger partial charge in [-0.05, 0) is 58.1 Å². The lowest BCUT2D eigenvalue weighted by Crippen LogP contribution is -2.25. The fourth-order valence-electron chi connectivity index (χ4n) is 2.73. The first-order valence-electron chi connectivity index (χ1n) is 5.98. The van der Waals surface area contributed by atoms with E-state index in [-0.39, 0.29) is 11.4 Å². The molecule has 0 saturated carbocycles. The Balaban J connectivity index is 2.19. The highest BCUT2D eigenvalue weighted by molar-refractivity contribution is 9.10. The molecule has 0 bridgehead atoms. The van der Waals surface area contributed by atoms with Gasteiger partial charge in [0, 0.05) is 5.56 Å². The van der Waals surface area contributed by atoms with E-state index in [0.717, 1.165) is 5.56 Å². The summed E-state index contributed by atoms with van der Waals surface area (Å²) >= 11 is 3.12. The Morgan fingerprint density at radius 1 is 1.11 bits per heavy atom. The lowest BCUT2D eigenvalue weighted by Gasteiger charge is -2.25. The molecule has 0 aliphatic heterocycles. The summed E-state index contributed by atoms with van der Waals surface area (Å²) in [7, 11) is 0. The molecule has 0 saturated heterocycles. The minimum atomic E-state index is -1.38. The van der Waals surface area contributed by atoms with Gasteiger partial charge in [0.25, 0.3) is 0 Å². The predicted molar refractivity (Wildman–Crippen MR) is 71.8 cm³/mol.